The second-order valence-corrected chi connectivity index (χ2v) is 4.34. The number of halogens is 1. The van der Waals surface area contributed by atoms with Crippen LogP contribution in [0.1, 0.15) is 16.2 Å². The Kier molecular flexibility index (Phi) is 4.22. The first-order valence-electron chi connectivity index (χ1n) is 6.07. The molecule has 0 spiro atoms. The van der Waals surface area contributed by atoms with E-state index in [2.05, 4.69) is 10.3 Å². The molecular formula is C14H13FN2O4. The van der Waals surface area contributed by atoms with Gasteiger partial charge in [-0.15, -0.1) is 0 Å². The monoisotopic (exact) mass is 292 g/mol. The molecule has 3 N–H and O–H groups in total. The lowest BCUT2D eigenvalue weighted by Gasteiger charge is -2.07. The zero-order valence-electron chi connectivity index (χ0n) is 11.1. The number of amides is 1. The highest BCUT2D eigenvalue weighted by atomic mass is 19.1. The lowest BCUT2D eigenvalue weighted by atomic mass is 10.3. The number of ether oxygens (including phenoxy) is 1. The van der Waals surface area contributed by atoms with Gasteiger partial charge in [-0.2, -0.15) is 0 Å². The summed E-state index contributed by atoms with van der Waals surface area (Å²) in [7, 11) is 0. The van der Waals surface area contributed by atoms with Crippen molar-refractivity contribution in [1.82, 2.24) is 4.98 Å². The van der Waals surface area contributed by atoms with E-state index in [9.17, 15) is 14.0 Å². The van der Waals surface area contributed by atoms with Crippen LogP contribution >= 0.6 is 0 Å². The maximum Gasteiger partial charge on any atom is 0.354 e. The van der Waals surface area contributed by atoms with Gasteiger partial charge >= 0.3 is 5.97 Å². The Morgan fingerprint density at radius 3 is 2.81 bits per heavy atom. The Labute approximate surface area is 119 Å². The van der Waals surface area contributed by atoms with E-state index in [4.69, 9.17) is 9.84 Å². The molecule has 2 aromatic rings. The summed E-state index contributed by atoms with van der Waals surface area (Å²) in [6.45, 7) is 1.32. The summed E-state index contributed by atoms with van der Waals surface area (Å²) in [5, 5.41) is 11.4. The third-order valence-electron chi connectivity index (χ3n) is 2.61. The molecule has 0 aliphatic heterocycles. The highest BCUT2D eigenvalue weighted by molar-refractivity contribution is 6.00. The standard InChI is InChI=1S/C14H13FN2O4/c1-8-5-11(13(16-8)14(19)20)17-12(18)7-21-10-4-2-3-9(15)6-10/h2-6,16H,7H2,1H3,(H,17,18)(H,19,20). The smallest absolute Gasteiger partial charge is 0.354 e. The summed E-state index contributed by atoms with van der Waals surface area (Å²) in [5.41, 5.74) is 0.660. The largest absolute Gasteiger partial charge is 0.484 e. The third kappa shape index (κ3) is 3.82. The molecule has 0 aliphatic carbocycles. The predicted octanol–water partition coefficient (Wildman–Crippen LogP) is 2.18. The second kappa shape index (κ2) is 6.08. The van der Waals surface area contributed by atoms with Gasteiger partial charge < -0.3 is 20.1 Å². The van der Waals surface area contributed by atoms with Crippen molar-refractivity contribution in [1.29, 1.82) is 0 Å². The van der Waals surface area contributed by atoms with E-state index < -0.39 is 17.7 Å². The number of carbonyl (C=O) groups excluding carboxylic acids is 1. The first kappa shape index (κ1) is 14.6. The summed E-state index contributed by atoms with van der Waals surface area (Å²) in [4.78, 5) is 25.3. The Morgan fingerprint density at radius 2 is 2.14 bits per heavy atom. The minimum absolute atomic E-state index is 0.105. The molecule has 7 heteroatoms. The SMILES string of the molecule is Cc1cc(NC(=O)COc2cccc(F)c2)c(C(=O)O)[nH]1. The van der Waals surface area contributed by atoms with Crippen LogP contribution in [0.3, 0.4) is 0 Å². The van der Waals surface area contributed by atoms with Crippen LogP contribution in [-0.2, 0) is 4.79 Å². The summed E-state index contributed by atoms with van der Waals surface area (Å²) in [5.74, 6) is -1.97. The number of hydrogen-bond donors (Lipinski definition) is 3. The number of aryl methyl sites for hydroxylation is 1. The van der Waals surface area contributed by atoms with E-state index in [0.717, 1.165) is 6.07 Å². The minimum Gasteiger partial charge on any atom is -0.484 e. The van der Waals surface area contributed by atoms with Gasteiger partial charge in [0.05, 0.1) is 5.69 Å². The normalized spacial score (nSPS) is 10.2. The van der Waals surface area contributed by atoms with Crippen LogP contribution in [0.25, 0.3) is 0 Å². The van der Waals surface area contributed by atoms with Gasteiger partial charge in [-0.05, 0) is 25.1 Å². The van der Waals surface area contributed by atoms with Gasteiger partial charge in [0.2, 0.25) is 0 Å². The number of rotatable bonds is 5. The number of carbonyl (C=O) groups is 2. The molecule has 0 saturated carbocycles. The van der Waals surface area contributed by atoms with Crippen molar-refractivity contribution in [2.75, 3.05) is 11.9 Å². The summed E-state index contributed by atoms with van der Waals surface area (Å²) < 4.78 is 18.1. The van der Waals surface area contributed by atoms with Crippen LogP contribution in [0.2, 0.25) is 0 Å². The summed E-state index contributed by atoms with van der Waals surface area (Å²) >= 11 is 0. The average molecular weight is 292 g/mol. The van der Waals surface area contributed by atoms with Crippen LogP contribution in [0.5, 0.6) is 5.75 Å². The van der Waals surface area contributed by atoms with Crippen molar-refractivity contribution < 1.29 is 23.8 Å². The predicted molar refractivity (Wildman–Crippen MR) is 73.0 cm³/mol. The van der Waals surface area contributed by atoms with Crippen molar-refractivity contribution in [3.8, 4) is 5.75 Å². The van der Waals surface area contributed by atoms with E-state index in [1.54, 1.807) is 6.92 Å². The highest BCUT2D eigenvalue weighted by Gasteiger charge is 2.15. The second-order valence-electron chi connectivity index (χ2n) is 4.34. The number of aromatic carboxylic acids is 1. The van der Waals surface area contributed by atoms with Gasteiger partial charge in [0.25, 0.3) is 5.91 Å². The number of hydrogen-bond acceptors (Lipinski definition) is 3. The summed E-state index contributed by atoms with van der Waals surface area (Å²) in [6, 6.07) is 6.88. The van der Waals surface area contributed by atoms with Gasteiger partial charge in [0.15, 0.2) is 6.61 Å². The zero-order chi connectivity index (χ0) is 15.4. The van der Waals surface area contributed by atoms with Crippen LogP contribution in [0.4, 0.5) is 10.1 Å². The van der Waals surface area contributed by atoms with Gasteiger partial charge in [0.1, 0.15) is 17.3 Å². The fraction of sp³-hybridized carbons (Fsp3) is 0.143. The van der Waals surface area contributed by atoms with Gasteiger partial charge in [-0.1, -0.05) is 6.07 Å². The maximum absolute atomic E-state index is 12.9. The Bertz CT molecular complexity index is 681. The van der Waals surface area contributed by atoms with Gasteiger partial charge in [0, 0.05) is 11.8 Å². The van der Waals surface area contributed by atoms with Crippen LogP contribution in [0, 0.1) is 12.7 Å². The number of carboxylic acids is 1. The maximum atomic E-state index is 12.9. The van der Waals surface area contributed by atoms with Crippen LogP contribution in [-0.4, -0.2) is 28.6 Å². The number of aromatic amines is 1. The molecule has 2 rings (SSSR count). The van der Waals surface area contributed by atoms with Gasteiger partial charge in [-0.25, -0.2) is 9.18 Å². The number of carboxylic acid groups (broad SMARTS) is 1. The van der Waals surface area contributed by atoms with Crippen LogP contribution in [0.15, 0.2) is 30.3 Å². The molecule has 1 heterocycles. The molecule has 0 radical (unpaired) electrons. The molecular weight excluding hydrogens is 279 g/mol. The molecule has 1 aromatic heterocycles. The highest BCUT2D eigenvalue weighted by Crippen LogP contribution is 2.17. The number of nitrogens with one attached hydrogen (secondary N) is 2. The van der Waals surface area contributed by atoms with Crippen molar-refractivity contribution in [3.05, 3.63) is 47.5 Å². The Balaban J connectivity index is 1.97. The van der Waals surface area contributed by atoms with E-state index >= 15 is 0 Å². The van der Waals surface area contributed by atoms with Gasteiger partial charge in [-0.3, -0.25) is 4.79 Å². The molecule has 0 unspecified atom stereocenters. The molecule has 0 atom stereocenters. The summed E-state index contributed by atoms with van der Waals surface area (Å²) in [6.07, 6.45) is 0. The molecule has 0 bridgehead atoms. The first-order chi connectivity index (χ1) is 9.95. The number of H-pyrrole nitrogens is 1. The Morgan fingerprint density at radius 1 is 1.38 bits per heavy atom. The molecule has 1 amide bonds. The average Bonchev–Trinajstić information content (AvgIpc) is 2.77. The minimum atomic E-state index is -1.18. The Hall–Kier alpha value is -2.83. The van der Waals surface area contributed by atoms with Crippen molar-refractivity contribution in [2.24, 2.45) is 0 Å². The van der Waals surface area contributed by atoms with Crippen LogP contribution < -0.4 is 10.1 Å². The molecule has 0 aliphatic rings. The molecule has 21 heavy (non-hydrogen) atoms. The molecule has 1 aromatic carbocycles. The number of benzene rings is 1. The van der Waals surface area contributed by atoms with E-state index in [0.29, 0.717) is 5.69 Å². The first-order valence-corrected chi connectivity index (χ1v) is 6.07. The molecule has 0 saturated heterocycles. The molecule has 6 nitrogen and oxygen atoms in total. The van der Waals surface area contributed by atoms with E-state index in [-0.39, 0.29) is 23.7 Å². The van der Waals surface area contributed by atoms with Crippen molar-refractivity contribution in [2.45, 2.75) is 6.92 Å². The van der Waals surface area contributed by atoms with Crippen molar-refractivity contribution in [3.63, 3.8) is 0 Å². The fourth-order valence-corrected chi connectivity index (χ4v) is 1.75. The third-order valence-corrected chi connectivity index (χ3v) is 2.61. The fourth-order valence-electron chi connectivity index (χ4n) is 1.75. The zero-order valence-corrected chi connectivity index (χ0v) is 11.1. The van der Waals surface area contributed by atoms with E-state index in [1.807, 2.05) is 0 Å². The lowest BCUT2D eigenvalue weighted by Crippen LogP contribution is -2.21. The lowest BCUT2D eigenvalue weighted by molar-refractivity contribution is -0.118. The number of aromatic nitrogens is 1. The molecule has 110 valence electrons. The van der Waals surface area contributed by atoms with Crippen molar-refractivity contribution >= 4 is 17.6 Å². The topological polar surface area (TPSA) is 91.4 Å². The number of anilines is 1. The quantitative estimate of drug-likeness (QED) is 0.787. The van der Waals surface area contributed by atoms with E-state index in [1.165, 1.54) is 24.3 Å². The molecule has 0 fully saturated rings.